The molecule has 0 aromatic heterocycles. The van der Waals surface area contributed by atoms with Crippen LogP contribution in [-0.4, -0.2) is 43.4 Å². The Balaban J connectivity index is 3.99. The summed E-state index contributed by atoms with van der Waals surface area (Å²) in [5.74, 6) is -7.47. The van der Waals surface area contributed by atoms with E-state index >= 15 is 0 Å². The molecule has 8 nitrogen and oxygen atoms in total. The molecule has 5 N–H and O–H groups in total. The quantitative estimate of drug-likeness (QED) is 0.524. The van der Waals surface area contributed by atoms with Crippen LogP contribution in [0.4, 0.5) is 0 Å². The maximum absolute atomic E-state index is 10.9. The van der Waals surface area contributed by atoms with E-state index in [1.165, 1.54) is 0 Å². The first-order chi connectivity index (χ1) is 8.20. The maximum Gasteiger partial charge on any atom is 0.340 e. The van der Waals surface area contributed by atoms with E-state index in [4.69, 9.17) is 15.3 Å². The number of hydrogen-bond acceptors (Lipinski definition) is 5. The van der Waals surface area contributed by atoms with Gasteiger partial charge >= 0.3 is 17.9 Å². The summed E-state index contributed by atoms with van der Waals surface area (Å²) in [7, 11) is 0. The number of aromatic carboxylic acids is 3. The Labute approximate surface area is 99.3 Å². The molecule has 1 aromatic carbocycles. The summed E-state index contributed by atoms with van der Waals surface area (Å²) in [6.07, 6.45) is 0. The predicted octanol–water partition coefficient (Wildman–Crippen LogP) is 0.501. The maximum atomic E-state index is 10.9. The number of phenols is 2. The van der Waals surface area contributed by atoms with Crippen LogP contribution in [0.1, 0.15) is 36.6 Å². The van der Waals surface area contributed by atoms with Gasteiger partial charge in [-0.25, -0.2) is 14.4 Å². The summed E-state index contributed by atoms with van der Waals surface area (Å²) in [5.41, 5.74) is -3.74. The Hall–Kier alpha value is -2.77. The van der Waals surface area contributed by atoms with E-state index in [0.29, 0.717) is 0 Å². The third-order valence-corrected chi connectivity index (χ3v) is 2.33. The molecule has 0 radical (unpaired) electrons. The van der Waals surface area contributed by atoms with Gasteiger partial charge in [0.2, 0.25) is 0 Å². The molecule has 0 amide bonds. The van der Waals surface area contributed by atoms with Gasteiger partial charge in [0.25, 0.3) is 0 Å². The van der Waals surface area contributed by atoms with Crippen LogP contribution in [0, 0.1) is 6.92 Å². The van der Waals surface area contributed by atoms with E-state index < -0.39 is 51.7 Å². The molecule has 0 aliphatic rings. The molecule has 1 rings (SSSR count). The number of carboxylic acids is 3. The Kier molecular flexibility index (Phi) is 3.13. The van der Waals surface area contributed by atoms with Crippen molar-refractivity contribution in [3.05, 3.63) is 22.3 Å². The van der Waals surface area contributed by atoms with Gasteiger partial charge in [-0.2, -0.15) is 0 Å². The predicted molar refractivity (Wildman–Crippen MR) is 55.4 cm³/mol. The Bertz CT molecular complexity index is 531. The van der Waals surface area contributed by atoms with E-state index in [2.05, 4.69) is 0 Å². The highest BCUT2D eigenvalue weighted by molar-refractivity contribution is 6.12. The molecule has 0 heterocycles. The lowest BCUT2D eigenvalue weighted by atomic mass is 9.95. The van der Waals surface area contributed by atoms with Gasteiger partial charge in [0.05, 0.1) is 5.56 Å². The van der Waals surface area contributed by atoms with E-state index in [1.807, 2.05) is 0 Å². The van der Waals surface area contributed by atoms with Gasteiger partial charge in [-0.3, -0.25) is 0 Å². The average molecular weight is 256 g/mol. The van der Waals surface area contributed by atoms with Crippen LogP contribution in [-0.2, 0) is 0 Å². The van der Waals surface area contributed by atoms with Crippen molar-refractivity contribution >= 4 is 17.9 Å². The molecule has 96 valence electrons. The second-order valence-corrected chi connectivity index (χ2v) is 3.36. The summed E-state index contributed by atoms with van der Waals surface area (Å²) in [6.45, 7) is 1.06. The highest BCUT2D eigenvalue weighted by Crippen LogP contribution is 2.37. The number of carboxylic acid groups (broad SMARTS) is 3. The van der Waals surface area contributed by atoms with E-state index in [-0.39, 0.29) is 0 Å². The second kappa shape index (κ2) is 4.24. The van der Waals surface area contributed by atoms with E-state index in [9.17, 15) is 24.6 Å². The molecular weight excluding hydrogens is 248 g/mol. The number of hydrogen-bond donors (Lipinski definition) is 5. The van der Waals surface area contributed by atoms with Crippen LogP contribution in [0.3, 0.4) is 0 Å². The Morgan fingerprint density at radius 3 is 1.22 bits per heavy atom. The van der Waals surface area contributed by atoms with Gasteiger partial charge in [0, 0.05) is 5.56 Å². The van der Waals surface area contributed by atoms with Crippen LogP contribution in [0.25, 0.3) is 0 Å². The lowest BCUT2D eigenvalue weighted by Crippen LogP contribution is -2.16. The molecule has 1 aromatic rings. The normalized spacial score (nSPS) is 10.1. The monoisotopic (exact) mass is 256 g/mol. The summed E-state index contributed by atoms with van der Waals surface area (Å²) in [6, 6.07) is 0. The molecule has 0 saturated heterocycles. The first kappa shape index (κ1) is 13.3. The lowest BCUT2D eigenvalue weighted by Gasteiger charge is -2.13. The van der Waals surface area contributed by atoms with Crippen LogP contribution < -0.4 is 0 Å². The van der Waals surface area contributed by atoms with Crippen LogP contribution >= 0.6 is 0 Å². The highest BCUT2D eigenvalue weighted by atomic mass is 16.4. The zero-order chi connectivity index (χ0) is 14.2. The third kappa shape index (κ3) is 1.79. The van der Waals surface area contributed by atoms with E-state index in [0.717, 1.165) is 6.92 Å². The topological polar surface area (TPSA) is 152 Å². The van der Waals surface area contributed by atoms with Crippen LogP contribution in [0.2, 0.25) is 0 Å². The van der Waals surface area contributed by atoms with Crippen LogP contribution in [0.15, 0.2) is 0 Å². The van der Waals surface area contributed by atoms with Gasteiger partial charge in [-0.15, -0.1) is 0 Å². The molecule has 0 unspecified atom stereocenters. The first-order valence-electron chi connectivity index (χ1n) is 4.48. The summed E-state index contributed by atoms with van der Waals surface area (Å²) in [4.78, 5) is 32.7. The van der Waals surface area contributed by atoms with Gasteiger partial charge < -0.3 is 25.5 Å². The third-order valence-electron chi connectivity index (χ3n) is 2.33. The lowest BCUT2D eigenvalue weighted by molar-refractivity contribution is 0.0628. The average Bonchev–Trinajstić information content (AvgIpc) is 2.23. The van der Waals surface area contributed by atoms with Crippen molar-refractivity contribution in [2.24, 2.45) is 0 Å². The molecule has 8 heteroatoms. The number of carbonyl (C=O) groups is 3. The van der Waals surface area contributed by atoms with Crippen molar-refractivity contribution in [3.63, 3.8) is 0 Å². The summed E-state index contributed by atoms with van der Waals surface area (Å²) >= 11 is 0. The van der Waals surface area contributed by atoms with E-state index in [1.54, 1.807) is 0 Å². The van der Waals surface area contributed by atoms with Gasteiger partial charge in [-0.1, -0.05) is 0 Å². The summed E-state index contributed by atoms with van der Waals surface area (Å²) in [5, 5.41) is 45.4. The Morgan fingerprint density at radius 1 is 0.722 bits per heavy atom. The molecule has 18 heavy (non-hydrogen) atoms. The minimum atomic E-state index is -1.88. The largest absolute Gasteiger partial charge is 0.507 e. The minimum Gasteiger partial charge on any atom is -0.507 e. The van der Waals surface area contributed by atoms with Crippen molar-refractivity contribution in [3.8, 4) is 11.5 Å². The van der Waals surface area contributed by atoms with Crippen molar-refractivity contribution in [2.75, 3.05) is 0 Å². The van der Waals surface area contributed by atoms with Crippen molar-refractivity contribution < 1.29 is 39.9 Å². The van der Waals surface area contributed by atoms with Gasteiger partial charge in [0.1, 0.15) is 22.6 Å². The smallest absolute Gasteiger partial charge is 0.340 e. The fourth-order valence-electron chi connectivity index (χ4n) is 1.48. The minimum absolute atomic E-state index is 0.421. The molecule has 0 aliphatic heterocycles. The van der Waals surface area contributed by atoms with Crippen molar-refractivity contribution in [1.82, 2.24) is 0 Å². The fraction of sp³-hybridized carbons (Fsp3) is 0.100. The standard InChI is InChI=1S/C10H8O8/c1-2-6(11)4(9(15)16)3(8(13)14)5(7(2)12)10(17)18/h11-12H,1H3,(H,13,14)(H,15,16)(H,17,18). The molecule has 0 bridgehead atoms. The highest BCUT2D eigenvalue weighted by Gasteiger charge is 2.32. The Morgan fingerprint density at radius 2 is 1.00 bits per heavy atom. The van der Waals surface area contributed by atoms with Crippen molar-refractivity contribution in [2.45, 2.75) is 6.92 Å². The van der Waals surface area contributed by atoms with Crippen LogP contribution in [0.5, 0.6) is 11.5 Å². The zero-order valence-corrected chi connectivity index (χ0v) is 8.96. The van der Waals surface area contributed by atoms with Crippen molar-refractivity contribution in [1.29, 1.82) is 0 Å². The number of aromatic hydroxyl groups is 2. The number of rotatable bonds is 3. The van der Waals surface area contributed by atoms with Gasteiger partial charge in [0.15, 0.2) is 0 Å². The molecule has 0 spiro atoms. The summed E-state index contributed by atoms with van der Waals surface area (Å²) < 4.78 is 0. The molecular formula is C10H8O8. The fourth-order valence-corrected chi connectivity index (χ4v) is 1.48. The van der Waals surface area contributed by atoms with Gasteiger partial charge in [-0.05, 0) is 6.92 Å². The molecule has 0 fully saturated rings. The molecule has 0 atom stereocenters. The SMILES string of the molecule is Cc1c(O)c(C(=O)O)c(C(=O)O)c(C(=O)O)c1O. The zero-order valence-electron chi connectivity index (χ0n) is 8.96. The molecule has 0 aliphatic carbocycles. The molecule has 0 saturated carbocycles. The number of benzene rings is 1. The first-order valence-corrected chi connectivity index (χ1v) is 4.48. The second-order valence-electron chi connectivity index (χ2n) is 3.36.